The predicted octanol–water partition coefficient (Wildman–Crippen LogP) is -1.65. The van der Waals surface area contributed by atoms with Crippen molar-refractivity contribution in [1.29, 1.82) is 0 Å². The molecule has 0 aromatic rings. The first-order valence-electron chi connectivity index (χ1n) is 5.50. The molecule has 4 N–H and O–H groups in total. The first kappa shape index (κ1) is 16.2. The van der Waals surface area contributed by atoms with E-state index in [-0.39, 0.29) is 38.1 Å². The highest BCUT2D eigenvalue weighted by Gasteiger charge is 2.15. The Morgan fingerprint density at radius 3 is 1.94 bits per heavy atom. The van der Waals surface area contributed by atoms with E-state index in [9.17, 15) is 14.4 Å². The van der Waals surface area contributed by atoms with E-state index < -0.39 is 12.2 Å². The van der Waals surface area contributed by atoms with E-state index in [1.807, 2.05) is 0 Å². The number of aliphatic hydroxyl groups is 1. The zero-order valence-corrected chi connectivity index (χ0v) is 10.5. The number of hydrogen-bond acceptors (Lipinski definition) is 5. The maximum absolute atomic E-state index is 11.2. The molecule has 0 atom stereocenters. The van der Waals surface area contributed by atoms with Crippen LogP contribution in [0.2, 0.25) is 0 Å². The van der Waals surface area contributed by atoms with Crippen molar-refractivity contribution in [2.75, 3.05) is 26.2 Å². The molecule has 0 radical (unpaired) electrons. The van der Waals surface area contributed by atoms with Gasteiger partial charge in [0.2, 0.25) is 11.8 Å². The molecule has 3 amide bonds. The topological polar surface area (TPSA) is 117 Å². The number of alkyl carbamates (subject to hydrolysis) is 1. The van der Waals surface area contributed by atoms with E-state index in [4.69, 9.17) is 9.84 Å². The Bertz CT molecular complexity index is 277. The second kappa shape index (κ2) is 9.23. The molecule has 0 saturated carbocycles. The molecular formula is C10H19N3O5. The van der Waals surface area contributed by atoms with Crippen molar-refractivity contribution in [2.45, 2.75) is 20.0 Å². The molecule has 0 aliphatic rings. The van der Waals surface area contributed by atoms with Gasteiger partial charge in [-0.25, -0.2) is 4.79 Å². The molecule has 0 rings (SSSR count). The van der Waals surface area contributed by atoms with E-state index >= 15 is 0 Å². The summed E-state index contributed by atoms with van der Waals surface area (Å²) < 4.78 is 4.96. The van der Waals surface area contributed by atoms with Gasteiger partial charge in [-0.05, 0) is 0 Å². The number of nitrogens with one attached hydrogen (secondary N) is 3. The number of hydrogen-bond donors (Lipinski definition) is 4. The Labute approximate surface area is 105 Å². The summed E-state index contributed by atoms with van der Waals surface area (Å²) >= 11 is 0. The lowest BCUT2D eigenvalue weighted by Crippen LogP contribution is -2.43. The minimum Gasteiger partial charge on any atom is -0.442 e. The zero-order chi connectivity index (χ0) is 14.0. The summed E-state index contributed by atoms with van der Waals surface area (Å²) in [4.78, 5) is 32.7. The molecule has 8 nitrogen and oxygen atoms in total. The fourth-order valence-corrected chi connectivity index (χ4v) is 1.02. The normalized spacial score (nSPS) is 9.78. The maximum Gasteiger partial charge on any atom is 0.407 e. The number of rotatable bonds is 7. The van der Waals surface area contributed by atoms with Crippen molar-refractivity contribution < 1.29 is 24.2 Å². The Balaban J connectivity index is 4.13. The Hall–Kier alpha value is -1.83. The molecule has 0 spiro atoms. The third kappa shape index (κ3) is 9.40. The van der Waals surface area contributed by atoms with Gasteiger partial charge in [0.15, 0.2) is 0 Å². The molecule has 0 aliphatic heterocycles. The Kier molecular flexibility index (Phi) is 8.29. The molecule has 0 bridgehead atoms. The van der Waals surface area contributed by atoms with Gasteiger partial charge in [-0.15, -0.1) is 0 Å². The van der Waals surface area contributed by atoms with E-state index in [1.54, 1.807) is 0 Å². The number of carbonyl (C=O) groups is 3. The average molecular weight is 261 g/mol. The third-order valence-electron chi connectivity index (χ3n) is 1.81. The van der Waals surface area contributed by atoms with Crippen molar-refractivity contribution in [1.82, 2.24) is 16.0 Å². The first-order valence-corrected chi connectivity index (χ1v) is 5.50. The number of ether oxygens (including phenoxy) is 1. The van der Waals surface area contributed by atoms with Gasteiger partial charge in [-0.1, -0.05) is 0 Å². The van der Waals surface area contributed by atoms with Crippen molar-refractivity contribution in [3.8, 4) is 0 Å². The van der Waals surface area contributed by atoms with Crippen LogP contribution in [0.25, 0.3) is 0 Å². The smallest absolute Gasteiger partial charge is 0.407 e. The van der Waals surface area contributed by atoms with E-state index in [0.29, 0.717) is 0 Å². The van der Waals surface area contributed by atoms with Crippen LogP contribution >= 0.6 is 0 Å². The van der Waals surface area contributed by atoms with E-state index in [0.717, 1.165) is 0 Å². The van der Waals surface area contributed by atoms with Crippen molar-refractivity contribution in [3.05, 3.63) is 0 Å². The molecule has 0 heterocycles. The molecule has 0 fully saturated rings. The third-order valence-corrected chi connectivity index (χ3v) is 1.81. The van der Waals surface area contributed by atoms with Gasteiger partial charge in [0.1, 0.15) is 6.10 Å². The summed E-state index contributed by atoms with van der Waals surface area (Å²) in [5, 5.41) is 15.8. The monoisotopic (exact) mass is 261 g/mol. The van der Waals surface area contributed by atoms with Crippen LogP contribution in [0.1, 0.15) is 13.8 Å². The molecule has 0 aromatic heterocycles. The van der Waals surface area contributed by atoms with Crippen LogP contribution in [0.5, 0.6) is 0 Å². The summed E-state index contributed by atoms with van der Waals surface area (Å²) in [6, 6.07) is 0. The molecular weight excluding hydrogens is 242 g/mol. The van der Waals surface area contributed by atoms with Gasteiger partial charge in [0.25, 0.3) is 0 Å². The average Bonchev–Trinajstić information content (AvgIpc) is 2.29. The first-order chi connectivity index (χ1) is 8.45. The quantitative estimate of drug-likeness (QED) is 0.438. The van der Waals surface area contributed by atoms with Crippen molar-refractivity contribution in [3.63, 3.8) is 0 Å². The van der Waals surface area contributed by atoms with Gasteiger partial charge < -0.3 is 25.8 Å². The van der Waals surface area contributed by atoms with Crippen LogP contribution in [-0.2, 0) is 14.3 Å². The Morgan fingerprint density at radius 1 is 1.06 bits per heavy atom. The number of amides is 3. The number of aliphatic hydroxyl groups excluding tert-OH is 1. The van der Waals surface area contributed by atoms with Gasteiger partial charge in [0, 0.05) is 20.4 Å². The van der Waals surface area contributed by atoms with Gasteiger partial charge in [-0.3, -0.25) is 9.59 Å². The largest absolute Gasteiger partial charge is 0.442 e. The SMILES string of the molecule is CC(=O)NCC(CNC(C)=O)OC(=O)NCCO. The lowest BCUT2D eigenvalue weighted by Gasteiger charge is -2.18. The summed E-state index contributed by atoms with van der Waals surface area (Å²) in [6.07, 6.45) is -1.39. The molecule has 0 aliphatic carbocycles. The molecule has 0 unspecified atom stereocenters. The predicted molar refractivity (Wildman–Crippen MR) is 62.7 cm³/mol. The maximum atomic E-state index is 11.2. The van der Waals surface area contributed by atoms with Crippen LogP contribution in [0.4, 0.5) is 4.79 Å². The van der Waals surface area contributed by atoms with Crippen LogP contribution in [0.3, 0.4) is 0 Å². The highest BCUT2D eigenvalue weighted by molar-refractivity contribution is 5.73. The zero-order valence-electron chi connectivity index (χ0n) is 10.5. The van der Waals surface area contributed by atoms with Crippen LogP contribution in [0, 0.1) is 0 Å². The van der Waals surface area contributed by atoms with E-state index in [1.165, 1.54) is 13.8 Å². The van der Waals surface area contributed by atoms with E-state index in [2.05, 4.69) is 16.0 Å². The van der Waals surface area contributed by atoms with Gasteiger partial charge in [-0.2, -0.15) is 0 Å². The summed E-state index contributed by atoms with van der Waals surface area (Å²) in [5.41, 5.74) is 0. The van der Waals surface area contributed by atoms with Gasteiger partial charge in [0.05, 0.1) is 19.7 Å². The summed E-state index contributed by atoms with van der Waals surface area (Å²) in [6.45, 7) is 2.75. The van der Waals surface area contributed by atoms with Crippen LogP contribution < -0.4 is 16.0 Å². The van der Waals surface area contributed by atoms with Crippen molar-refractivity contribution >= 4 is 17.9 Å². The highest BCUT2D eigenvalue weighted by Crippen LogP contribution is 1.91. The summed E-state index contributed by atoms with van der Waals surface area (Å²) in [7, 11) is 0. The fraction of sp³-hybridized carbons (Fsp3) is 0.700. The second-order valence-corrected chi connectivity index (χ2v) is 3.55. The number of carbonyl (C=O) groups excluding carboxylic acids is 3. The lowest BCUT2D eigenvalue weighted by atomic mass is 10.3. The van der Waals surface area contributed by atoms with Crippen molar-refractivity contribution in [2.24, 2.45) is 0 Å². The molecule has 0 saturated heterocycles. The minimum atomic E-state index is -0.718. The Morgan fingerprint density at radius 2 is 1.56 bits per heavy atom. The van der Waals surface area contributed by atoms with Crippen LogP contribution in [0.15, 0.2) is 0 Å². The minimum absolute atomic E-state index is 0.0752. The summed E-state index contributed by atoms with van der Waals surface area (Å²) in [5.74, 6) is -0.524. The van der Waals surface area contributed by atoms with Gasteiger partial charge >= 0.3 is 6.09 Å². The fourth-order valence-electron chi connectivity index (χ4n) is 1.02. The lowest BCUT2D eigenvalue weighted by molar-refractivity contribution is -0.119. The molecule has 8 heteroatoms. The van der Waals surface area contributed by atoms with Crippen LogP contribution in [-0.4, -0.2) is 55.4 Å². The molecule has 18 heavy (non-hydrogen) atoms. The highest BCUT2D eigenvalue weighted by atomic mass is 16.6. The second-order valence-electron chi connectivity index (χ2n) is 3.55. The molecule has 104 valence electrons. The molecule has 0 aromatic carbocycles. The standard InChI is InChI=1S/C10H19N3O5/c1-7(15)12-5-9(6-13-8(2)16)18-10(17)11-3-4-14/h9,14H,3-6H2,1-2H3,(H,11,17)(H,12,15)(H,13,16).